The van der Waals surface area contributed by atoms with Crippen LogP contribution in [0.2, 0.25) is 0 Å². The summed E-state index contributed by atoms with van der Waals surface area (Å²) in [5, 5.41) is 12.4. The number of carbonyl (C=O) groups excluding carboxylic acids is 1. The maximum atomic E-state index is 12.1. The van der Waals surface area contributed by atoms with Crippen molar-refractivity contribution in [3.63, 3.8) is 0 Å². The highest BCUT2D eigenvalue weighted by atomic mass is 32.2. The van der Waals surface area contributed by atoms with Crippen molar-refractivity contribution in [2.75, 3.05) is 5.75 Å². The number of ether oxygens (including phenoxy) is 1. The minimum atomic E-state index is -0.202. The number of hydrogen-bond acceptors (Lipinski definition) is 8. The highest BCUT2D eigenvalue weighted by Gasteiger charge is 2.08. The summed E-state index contributed by atoms with van der Waals surface area (Å²) in [6.07, 6.45) is 1.60. The molecule has 4 aromatic rings. The number of aromatic nitrogens is 2. The minimum Gasteiger partial charge on any atom is -0.489 e. The molecule has 172 valence electrons. The van der Waals surface area contributed by atoms with Gasteiger partial charge in [-0.1, -0.05) is 108 Å². The van der Waals surface area contributed by atoms with Crippen molar-refractivity contribution in [1.82, 2.24) is 15.6 Å². The molecule has 1 heterocycles. The van der Waals surface area contributed by atoms with Crippen molar-refractivity contribution in [1.29, 1.82) is 0 Å². The SMILES string of the molecule is O=C(CSc1nnc(SCc2ccccc2)s1)NN=Cc1cccc(OCc2ccccc2)c1. The van der Waals surface area contributed by atoms with E-state index in [2.05, 4.69) is 32.9 Å². The predicted molar refractivity (Wildman–Crippen MR) is 140 cm³/mol. The van der Waals surface area contributed by atoms with Crippen molar-refractivity contribution < 1.29 is 9.53 Å². The van der Waals surface area contributed by atoms with E-state index < -0.39 is 0 Å². The first-order chi connectivity index (χ1) is 16.7. The Hall–Kier alpha value is -3.14. The van der Waals surface area contributed by atoms with Gasteiger partial charge in [0, 0.05) is 5.75 Å². The van der Waals surface area contributed by atoms with Gasteiger partial charge in [-0.15, -0.1) is 10.2 Å². The quantitative estimate of drug-likeness (QED) is 0.161. The van der Waals surface area contributed by atoms with Crippen LogP contribution in [0.25, 0.3) is 0 Å². The second-order valence-electron chi connectivity index (χ2n) is 7.04. The lowest BCUT2D eigenvalue weighted by Gasteiger charge is -2.06. The first-order valence-electron chi connectivity index (χ1n) is 10.5. The molecule has 4 rings (SSSR count). The Bertz CT molecular complexity index is 1220. The van der Waals surface area contributed by atoms with Crippen LogP contribution in [0.5, 0.6) is 5.75 Å². The lowest BCUT2D eigenvalue weighted by molar-refractivity contribution is -0.118. The number of nitrogens with zero attached hydrogens (tertiary/aromatic N) is 3. The number of rotatable bonds is 11. The number of hydrogen-bond donors (Lipinski definition) is 1. The summed E-state index contributed by atoms with van der Waals surface area (Å²) in [6, 6.07) is 27.8. The molecule has 1 N–H and O–H groups in total. The van der Waals surface area contributed by atoms with Gasteiger partial charge in [-0.25, -0.2) is 5.43 Å². The van der Waals surface area contributed by atoms with E-state index in [9.17, 15) is 4.79 Å². The van der Waals surface area contributed by atoms with E-state index in [1.807, 2.05) is 72.8 Å². The lowest BCUT2D eigenvalue weighted by atomic mass is 10.2. The summed E-state index contributed by atoms with van der Waals surface area (Å²) >= 11 is 4.48. The van der Waals surface area contributed by atoms with Gasteiger partial charge in [0.1, 0.15) is 12.4 Å². The lowest BCUT2D eigenvalue weighted by Crippen LogP contribution is -2.19. The molecule has 0 bridgehead atoms. The summed E-state index contributed by atoms with van der Waals surface area (Å²) in [5.41, 5.74) is 5.73. The van der Waals surface area contributed by atoms with Crippen LogP contribution in [0, 0.1) is 0 Å². The van der Waals surface area contributed by atoms with Crippen molar-refractivity contribution in [2.45, 2.75) is 21.0 Å². The van der Waals surface area contributed by atoms with Crippen LogP contribution in [0.4, 0.5) is 0 Å². The fourth-order valence-electron chi connectivity index (χ4n) is 2.80. The molecule has 0 aliphatic heterocycles. The van der Waals surface area contributed by atoms with E-state index in [4.69, 9.17) is 4.74 Å². The molecule has 0 atom stereocenters. The van der Waals surface area contributed by atoms with E-state index in [1.165, 1.54) is 28.7 Å². The summed E-state index contributed by atoms with van der Waals surface area (Å²) in [4.78, 5) is 12.1. The molecule has 0 aliphatic rings. The molecule has 0 spiro atoms. The molecular weight excluding hydrogens is 485 g/mol. The normalized spacial score (nSPS) is 10.9. The Balaban J connectivity index is 1.18. The second kappa shape index (κ2) is 12.9. The van der Waals surface area contributed by atoms with Crippen molar-refractivity contribution >= 4 is 47.0 Å². The van der Waals surface area contributed by atoms with E-state index in [0.717, 1.165) is 31.3 Å². The van der Waals surface area contributed by atoms with Crippen LogP contribution in [0.3, 0.4) is 0 Å². The zero-order chi connectivity index (χ0) is 23.4. The van der Waals surface area contributed by atoms with Crippen molar-refractivity contribution in [3.8, 4) is 5.75 Å². The Morgan fingerprint density at radius 2 is 1.62 bits per heavy atom. The van der Waals surface area contributed by atoms with Crippen LogP contribution in [-0.4, -0.2) is 28.1 Å². The summed E-state index contributed by atoms with van der Waals surface area (Å²) in [7, 11) is 0. The highest BCUT2D eigenvalue weighted by Crippen LogP contribution is 2.30. The molecule has 0 fully saturated rings. The number of thioether (sulfide) groups is 2. The zero-order valence-electron chi connectivity index (χ0n) is 18.2. The fraction of sp³-hybridized carbons (Fsp3) is 0.120. The third-order valence-corrected chi connectivity index (χ3v) is 7.69. The molecule has 0 unspecified atom stereocenters. The first-order valence-corrected chi connectivity index (χ1v) is 13.2. The number of benzene rings is 3. The van der Waals surface area contributed by atoms with Gasteiger partial charge >= 0.3 is 0 Å². The second-order valence-corrected chi connectivity index (χ2v) is 10.5. The van der Waals surface area contributed by atoms with Crippen LogP contribution < -0.4 is 10.2 Å². The molecule has 0 saturated heterocycles. The zero-order valence-corrected chi connectivity index (χ0v) is 20.6. The summed E-state index contributed by atoms with van der Waals surface area (Å²) < 4.78 is 7.48. The minimum absolute atomic E-state index is 0.202. The molecule has 3 aromatic carbocycles. The van der Waals surface area contributed by atoms with Gasteiger partial charge in [0.2, 0.25) is 0 Å². The smallest absolute Gasteiger partial charge is 0.250 e. The van der Waals surface area contributed by atoms with E-state index in [0.29, 0.717) is 6.61 Å². The molecule has 0 radical (unpaired) electrons. The van der Waals surface area contributed by atoms with Gasteiger partial charge in [-0.2, -0.15) is 5.10 Å². The van der Waals surface area contributed by atoms with Crippen molar-refractivity contribution in [2.24, 2.45) is 5.10 Å². The third kappa shape index (κ3) is 8.02. The van der Waals surface area contributed by atoms with Crippen LogP contribution in [0.15, 0.2) is 98.7 Å². The Kier molecular flexibility index (Phi) is 9.13. The highest BCUT2D eigenvalue weighted by molar-refractivity contribution is 8.03. The monoisotopic (exact) mass is 506 g/mol. The molecule has 1 aromatic heterocycles. The molecule has 0 saturated carbocycles. The Morgan fingerprint density at radius 1 is 0.912 bits per heavy atom. The maximum absolute atomic E-state index is 12.1. The van der Waals surface area contributed by atoms with E-state index >= 15 is 0 Å². The third-order valence-electron chi connectivity index (χ3n) is 4.43. The van der Waals surface area contributed by atoms with Gasteiger partial charge in [0.15, 0.2) is 8.68 Å². The van der Waals surface area contributed by atoms with Crippen LogP contribution >= 0.6 is 34.9 Å². The Morgan fingerprint density at radius 3 is 2.38 bits per heavy atom. The summed E-state index contributed by atoms with van der Waals surface area (Å²) in [6.45, 7) is 0.494. The number of carbonyl (C=O) groups is 1. The molecule has 6 nitrogen and oxygen atoms in total. The number of nitrogens with one attached hydrogen (secondary N) is 1. The number of hydrazone groups is 1. The van der Waals surface area contributed by atoms with E-state index in [-0.39, 0.29) is 11.7 Å². The maximum Gasteiger partial charge on any atom is 0.250 e. The van der Waals surface area contributed by atoms with Crippen LogP contribution in [0.1, 0.15) is 16.7 Å². The molecule has 9 heteroatoms. The first kappa shape index (κ1) is 24.0. The van der Waals surface area contributed by atoms with Crippen molar-refractivity contribution in [3.05, 3.63) is 102 Å². The predicted octanol–water partition coefficient (Wildman–Crippen LogP) is 5.65. The topological polar surface area (TPSA) is 76.5 Å². The van der Waals surface area contributed by atoms with Crippen LogP contribution in [-0.2, 0) is 17.2 Å². The summed E-state index contributed by atoms with van der Waals surface area (Å²) in [5.74, 6) is 1.60. The van der Waals surface area contributed by atoms with E-state index in [1.54, 1.807) is 18.0 Å². The fourth-order valence-corrected chi connectivity index (χ4v) is 5.57. The average Bonchev–Trinajstić information content (AvgIpc) is 3.34. The number of amides is 1. The van der Waals surface area contributed by atoms with Gasteiger partial charge in [0.25, 0.3) is 5.91 Å². The molecule has 0 aliphatic carbocycles. The molecule has 1 amide bonds. The van der Waals surface area contributed by atoms with Gasteiger partial charge in [-0.3, -0.25) is 4.79 Å². The molecule has 34 heavy (non-hydrogen) atoms. The van der Waals surface area contributed by atoms with Gasteiger partial charge in [-0.05, 0) is 28.8 Å². The molecular formula is C25H22N4O2S3. The Labute approximate surface area is 210 Å². The standard InChI is InChI=1S/C25H22N4O2S3/c30-23(18-33-25-29-28-24(34-25)32-17-20-10-5-2-6-11-20)27-26-15-21-12-7-13-22(14-21)31-16-19-8-3-1-4-9-19/h1-15H,16-18H2,(H,27,30). The average molecular weight is 507 g/mol. The largest absolute Gasteiger partial charge is 0.489 e. The van der Waals surface area contributed by atoms with Gasteiger partial charge < -0.3 is 4.74 Å². The van der Waals surface area contributed by atoms with Gasteiger partial charge in [0.05, 0.1) is 12.0 Å².